The van der Waals surface area contributed by atoms with E-state index in [0.29, 0.717) is 37.2 Å². The smallest absolute Gasteiger partial charge is 0.243 e. The van der Waals surface area contributed by atoms with Gasteiger partial charge >= 0.3 is 0 Å². The highest BCUT2D eigenvalue weighted by molar-refractivity contribution is 9.10. The second-order valence-electron chi connectivity index (χ2n) is 5.80. The van der Waals surface area contributed by atoms with E-state index in [1.165, 1.54) is 4.31 Å². The number of carbonyl (C=O) groups is 1. The second-order valence-corrected chi connectivity index (χ2v) is 8.66. The van der Waals surface area contributed by atoms with E-state index in [-0.39, 0.29) is 11.9 Å². The van der Waals surface area contributed by atoms with E-state index in [0.717, 1.165) is 17.3 Å². The first-order chi connectivity index (χ1) is 10.9. The first-order valence-electron chi connectivity index (χ1n) is 7.98. The van der Waals surface area contributed by atoms with Gasteiger partial charge in [0.1, 0.15) is 0 Å². The van der Waals surface area contributed by atoms with Crippen molar-refractivity contribution in [1.82, 2.24) is 9.62 Å². The second kappa shape index (κ2) is 8.26. The Morgan fingerprint density at radius 1 is 1.26 bits per heavy atom. The standard InChI is InChI=1S/C16H23BrN2O3S/c1-2-3-4-16(20)18-14-9-11-19(12-10-14)23(21,22)15-7-5-13(17)6-8-15/h5-8,14H,2-4,9-12H2,1H3,(H,18,20). The SMILES string of the molecule is CCCCC(=O)NC1CCN(S(=O)(=O)c2ccc(Br)cc2)CC1. The van der Waals surface area contributed by atoms with Gasteiger partial charge in [0.25, 0.3) is 0 Å². The van der Waals surface area contributed by atoms with Crippen LogP contribution in [0.25, 0.3) is 0 Å². The molecule has 1 aliphatic heterocycles. The van der Waals surface area contributed by atoms with Crippen LogP contribution in [0.5, 0.6) is 0 Å². The van der Waals surface area contributed by atoms with Gasteiger partial charge < -0.3 is 5.32 Å². The minimum Gasteiger partial charge on any atom is -0.353 e. The van der Waals surface area contributed by atoms with Gasteiger partial charge in [-0.15, -0.1) is 0 Å². The third-order valence-corrected chi connectivity index (χ3v) is 6.47. The molecule has 1 aliphatic rings. The Morgan fingerprint density at radius 3 is 2.43 bits per heavy atom. The maximum Gasteiger partial charge on any atom is 0.243 e. The molecule has 1 aromatic rings. The molecule has 1 fully saturated rings. The van der Waals surface area contributed by atoms with E-state index in [1.54, 1.807) is 24.3 Å². The molecule has 0 saturated carbocycles. The van der Waals surface area contributed by atoms with Crippen LogP contribution < -0.4 is 5.32 Å². The summed E-state index contributed by atoms with van der Waals surface area (Å²) in [4.78, 5) is 12.1. The fourth-order valence-corrected chi connectivity index (χ4v) is 4.37. The molecular formula is C16H23BrN2O3S. The molecule has 0 bridgehead atoms. The normalized spacial score (nSPS) is 17.1. The minimum absolute atomic E-state index is 0.0704. The number of unbranched alkanes of at least 4 members (excludes halogenated alkanes) is 1. The van der Waals surface area contributed by atoms with Gasteiger partial charge in [0.2, 0.25) is 15.9 Å². The van der Waals surface area contributed by atoms with Crippen molar-refractivity contribution in [2.75, 3.05) is 13.1 Å². The largest absolute Gasteiger partial charge is 0.353 e. The van der Waals surface area contributed by atoms with Crippen LogP contribution in [0.3, 0.4) is 0 Å². The van der Waals surface area contributed by atoms with Crippen molar-refractivity contribution >= 4 is 31.9 Å². The average molecular weight is 403 g/mol. The molecule has 5 nitrogen and oxygen atoms in total. The van der Waals surface area contributed by atoms with Crippen LogP contribution >= 0.6 is 15.9 Å². The minimum atomic E-state index is -3.45. The molecule has 0 radical (unpaired) electrons. The lowest BCUT2D eigenvalue weighted by Gasteiger charge is -2.31. The van der Waals surface area contributed by atoms with Crippen LogP contribution in [-0.2, 0) is 14.8 Å². The number of benzene rings is 1. The van der Waals surface area contributed by atoms with E-state index in [2.05, 4.69) is 28.2 Å². The van der Waals surface area contributed by atoms with Crippen LogP contribution in [-0.4, -0.2) is 37.8 Å². The van der Waals surface area contributed by atoms with Gasteiger partial charge in [0, 0.05) is 30.0 Å². The third kappa shape index (κ3) is 5.02. The van der Waals surface area contributed by atoms with E-state index in [4.69, 9.17) is 0 Å². The van der Waals surface area contributed by atoms with Crippen LogP contribution in [0.15, 0.2) is 33.6 Å². The number of nitrogens with one attached hydrogen (secondary N) is 1. The van der Waals surface area contributed by atoms with E-state index in [1.807, 2.05) is 0 Å². The van der Waals surface area contributed by atoms with Crippen molar-refractivity contribution in [3.05, 3.63) is 28.7 Å². The van der Waals surface area contributed by atoms with Crippen molar-refractivity contribution in [2.45, 2.75) is 50.0 Å². The van der Waals surface area contributed by atoms with Gasteiger partial charge in [-0.1, -0.05) is 29.3 Å². The van der Waals surface area contributed by atoms with Crippen LogP contribution in [0, 0.1) is 0 Å². The maximum atomic E-state index is 12.6. The molecule has 1 saturated heterocycles. The van der Waals surface area contributed by atoms with Crippen molar-refractivity contribution in [1.29, 1.82) is 0 Å². The molecule has 0 atom stereocenters. The summed E-state index contributed by atoms with van der Waals surface area (Å²) in [7, 11) is -3.45. The first-order valence-corrected chi connectivity index (χ1v) is 10.2. The number of halogens is 1. The summed E-state index contributed by atoms with van der Waals surface area (Å²) in [6, 6.07) is 6.76. The number of hydrogen-bond acceptors (Lipinski definition) is 3. The molecular weight excluding hydrogens is 380 g/mol. The Labute approximate surface area is 146 Å². The predicted octanol–water partition coefficient (Wildman–Crippen LogP) is 2.91. The van der Waals surface area contributed by atoms with Gasteiger partial charge in [-0.2, -0.15) is 4.31 Å². The highest BCUT2D eigenvalue weighted by atomic mass is 79.9. The van der Waals surface area contributed by atoms with Crippen LogP contribution in [0.2, 0.25) is 0 Å². The maximum absolute atomic E-state index is 12.6. The molecule has 0 spiro atoms. The fourth-order valence-electron chi connectivity index (χ4n) is 2.63. The van der Waals surface area contributed by atoms with Crippen molar-refractivity contribution in [3.8, 4) is 0 Å². The number of nitrogens with zero attached hydrogens (tertiary/aromatic N) is 1. The molecule has 1 amide bonds. The lowest BCUT2D eigenvalue weighted by atomic mass is 10.1. The Bertz CT molecular complexity index is 623. The Balaban J connectivity index is 1.91. The number of carbonyl (C=O) groups excluding carboxylic acids is 1. The monoisotopic (exact) mass is 402 g/mol. The number of piperidine rings is 1. The van der Waals surface area contributed by atoms with Gasteiger partial charge in [-0.05, 0) is 43.5 Å². The zero-order chi connectivity index (χ0) is 16.9. The molecule has 128 valence electrons. The summed E-state index contributed by atoms with van der Waals surface area (Å²) >= 11 is 3.31. The summed E-state index contributed by atoms with van der Waals surface area (Å²) in [5.74, 6) is 0.0704. The van der Waals surface area contributed by atoms with Crippen LogP contribution in [0.1, 0.15) is 39.0 Å². The molecule has 1 aromatic carbocycles. The summed E-state index contributed by atoms with van der Waals surface area (Å²) in [6.07, 6.45) is 3.76. The molecule has 2 rings (SSSR count). The topological polar surface area (TPSA) is 66.5 Å². The molecule has 0 aromatic heterocycles. The quantitative estimate of drug-likeness (QED) is 0.795. The number of amides is 1. The van der Waals surface area contributed by atoms with E-state index >= 15 is 0 Å². The van der Waals surface area contributed by atoms with E-state index in [9.17, 15) is 13.2 Å². The lowest BCUT2D eigenvalue weighted by Crippen LogP contribution is -2.46. The molecule has 1 N–H and O–H groups in total. The Hall–Kier alpha value is -0.920. The molecule has 7 heteroatoms. The van der Waals surface area contributed by atoms with Gasteiger partial charge in [0.05, 0.1) is 4.90 Å². The third-order valence-electron chi connectivity index (χ3n) is 4.03. The highest BCUT2D eigenvalue weighted by Gasteiger charge is 2.29. The summed E-state index contributed by atoms with van der Waals surface area (Å²) < 4.78 is 27.5. The molecule has 0 aliphatic carbocycles. The van der Waals surface area contributed by atoms with Gasteiger partial charge in [0.15, 0.2) is 0 Å². The Kier molecular flexibility index (Phi) is 6.61. The van der Waals surface area contributed by atoms with Crippen molar-refractivity contribution < 1.29 is 13.2 Å². The molecule has 0 unspecified atom stereocenters. The van der Waals surface area contributed by atoms with Crippen molar-refractivity contribution in [3.63, 3.8) is 0 Å². The predicted molar refractivity (Wildman–Crippen MR) is 93.6 cm³/mol. The summed E-state index contributed by atoms with van der Waals surface area (Å²) in [5.41, 5.74) is 0. The van der Waals surface area contributed by atoms with Crippen LogP contribution in [0.4, 0.5) is 0 Å². The fraction of sp³-hybridized carbons (Fsp3) is 0.562. The lowest BCUT2D eigenvalue weighted by molar-refractivity contribution is -0.122. The van der Waals surface area contributed by atoms with Gasteiger partial charge in [-0.3, -0.25) is 4.79 Å². The first kappa shape index (κ1) is 18.4. The van der Waals surface area contributed by atoms with Crippen molar-refractivity contribution in [2.24, 2.45) is 0 Å². The molecule has 1 heterocycles. The zero-order valence-corrected chi connectivity index (χ0v) is 15.7. The molecule has 23 heavy (non-hydrogen) atoms. The van der Waals surface area contributed by atoms with E-state index < -0.39 is 10.0 Å². The number of sulfonamides is 1. The van der Waals surface area contributed by atoms with Gasteiger partial charge in [-0.25, -0.2) is 8.42 Å². The number of rotatable bonds is 6. The number of hydrogen-bond donors (Lipinski definition) is 1. The Morgan fingerprint density at radius 2 is 1.87 bits per heavy atom. The highest BCUT2D eigenvalue weighted by Crippen LogP contribution is 2.22. The summed E-state index contributed by atoms with van der Waals surface area (Å²) in [5, 5.41) is 3.01. The zero-order valence-electron chi connectivity index (χ0n) is 13.3. The average Bonchev–Trinajstić information content (AvgIpc) is 2.54. The summed E-state index contributed by atoms with van der Waals surface area (Å²) in [6.45, 7) is 2.94.